The first kappa shape index (κ1) is 12.9. The van der Waals surface area contributed by atoms with Crippen LogP contribution in [0.4, 0.5) is 0 Å². The molecular formula is C13H15N3OS. The zero-order valence-electron chi connectivity index (χ0n) is 10.2. The number of nitrogens with two attached hydrogens (primary N) is 1. The molecule has 2 N–H and O–H groups in total. The molecule has 5 heteroatoms. The van der Waals surface area contributed by atoms with Crippen LogP contribution in [0.25, 0.3) is 0 Å². The number of aromatic nitrogens is 2. The first-order valence-electron chi connectivity index (χ1n) is 5.59. The molecule has 2 aromatic rings. The molecule has 0 aliphatic rings. The number of thioether (sulfide) groups is 1. The topological polar surface area (TPSA) is 61.0 Å². The highest BCUT2D eigenvalue weighted by molar-refractivity contribution is 7.98. The van der Waals surface area contributed by atoms with Gasteiger partial charge in [0.15, 0.2) is 5.16 Å². The lowest BCUT2D eigenvalue weighted by Crippen LogP contribution is -1.99. The number of ether oxygens (including phenoxy) is 1. The molecule has 0 atom stereocenters. The number of methoxy groups -OCH3 is 1. The lowest BCUT2D eigenvalue weighted by Gasteiger charge is -2.09. The number of nitrogens with zero attached hydrogens (tertiary/aromatic N) is 2. The van der Waals surface area contributed by atoms with Crippen molar-refractivity contribution in [1.29, 1.82) is 0 Å². The fraction of sp³-hybridized carbons (Fsp3) is 0.231. The van der Waals surface area contributed by atoms with Gasteiger partial charge in [-0.25, -0.2) is 9.97 Å². The average Bonchev–Trinajstić information content (AvgIpc) is 2.45. The molecule has 1 aromatic carbocycles. The Labute approximate surface area is 111 Å². The molecule has 1 aromatic heterocycles. The van der Waals surface area contributed by atoms with Gasteiger partial charge in [0.25, 0.3) is 0 Å². The van der Waals surface area contributed by atoms with Crippen molar-refractivity contribution in [3.05, 3.63) is 47.8 Å². The summed E-state index contributed by atoms with van der Waals surface area (Å²) in [5.41, 5.74) is 7.85. The molecule has 18 heavy (non-hydrogen) atoms. The summed E-state index contributed by atoms with van der Waals surface area (Å²) in [4.78, 5) is 8.36. The Morgan fingerprint density at radius 3 is 2.72 bits per heavy atom. The first-order valence-corrected chi connectivity index (χ1v) is 6.57. The molecule has 0 radical (unpaired) electrons. The van der Waals surface area contributed by atoms with Crippen molar-refractivity contribution in [3.63, 3.8) is 0 Å². The Hall–Kier alpha value is -1.59. The van der Waals surface area contributed by atoms with Crippen LogP contribution in [0.5, 0.6) is 5.75 Å². The highest BCUT2D eigenvalue weighted by Crippen LogP contribution is 2.26. The van der Waals surface area contributed by atoms with E-state index in [0.717, 1.165) is 27.8 Å². The molecule has 0 bridgehead atoms. The average molecular weight is 261 g/mol. The zero-order chi connectivity index (χ0) is 12.8. The van der Waals surface area contributed by atoms with Crippen LogP contribution in [-0.4, -0.2) is 17.1 Å². The summed E-state index contributed by atoms with van der Waals surface area (Å²) in [7, 11) is 1.67. The normalized spacial score (nSPS) is 10.3. The van der Waals surface area contributed by atoms with Crippen molar-refractivity contribution in [1.82, 2.24) is 9.97 Å². The number of hydrogen-bond donors (Lipinski definition) is 1. The summed E-state index contributed by atoms with van der Waals surface area (Å²) >= 11 is 1.58. The van der Waals surface area contributed by atoms with Gasteiger partial charge < -0.3 is 10.5 Å². The monoisotopic (exact) mass is 261 g/mol. The van der Waals surface area contributed by atoms with Crippen molar-refractivity contribution >= 4 is 11.8 Å². The lowest BCUT2D eigenvalue weighted by molar-refractivity contribution is 0.411. The van der Waals surface area contributed by atoms with Gasteiger partial charge in [-0.05, 0) is 23.8 Å². The van der Waals surface area contributed by atoms with Crippen LogP contribution in [0, 0.1) is 0 Å². The molecule has 0 spiro atoms. The van der Waals surface area contributed by atoms with E-state index in [2.05, 4.69) is 16.0 Å². The highest BCUT2D eigenvalue weighted by atomic mass is 32.2. The lowest BCUT2D eigenvalue weighted by atomic mass is 10.1. The third-order valence-electron chi connectivity index (χ3n) is 2.48. The van der Waals surface area contributed by atoms with E-state index in [-0.39, 0.29) is 0 Å². The van der Waals surface area contributed by atoms with Crippen LogP contribution in [0.3, 0.4) is 0 Å². The van der Waals surface area contributed by atoms with Crippen LogP contribution in [0.2, 0.25) is 0 Å². The largest absolute Gasteiger partial charge is 0.496 e. The third kappa shape index (κ3) is 3.21. The van der Waals surface area contributed by atoms with Crippen LogP contribution >= 0.6 is 11.8 Å². The summed E-state index contributed by atoms with van der Waals surface area (Å²) in [5.74, 6) is 1.64. The minimum atomic E-state index is 0.531. The van der Waals surface area contributed by atoms with Crippen molar-refractivity contribution in [2.24, 2.45) is 5.73 Å². The zero-order valence-corrected chi connectivity index (χ0v) is 11.0. The molecule has 2 rings (SSSR count). The van der Waals surface area contributed by atoms with Gasteiger partial charge in [-0.15, -0.1) is 0 Å². The van der Waals surface area contributed by atoms with Gasteiger partial charge in [0.2, 0.25) is 0 Å². The molecule has 94 valence electrons. The summed E-state index contributed by atoms with van der Waals surface area (Å²) < 4.78 is 5.34. The molecule has 0 aliphatic heterocycles. The molecule has 0 unspecified atom stereocenters. The molecule has 4 nitrogen and oxygen atoms in total. The fourth-order valence-electron chi connectivity index (χ4n) is 1.57. The van der Waals surface area contributed by atoms with E-state index in [9.17, 15) is 0 Å². The summed E-state index contributed by atoms with van der Waals surface area (Å²) in [6.07, 6.45) is 3.48. The number of rotatable bonds is 5. The van der Waals surface area contributed by atoms with Gasteiger partial charge >= 0.3 is 0 Å². The predicted molar refractivity (Wildman–Crippen MR) is 72.5 cm³/mol. The summed E-state index contributed by atoms with van der Waals surface area (Å²) in [5, 5.41) is 0.762. The van der Waals surface area contributed by atoms with Gasteiger partial charge in [0.1, 0.15) is 5.75 Å². The molecule has 0 fully saturated rings. The summed E-state index contributed by atoms with van der Waals surface area (Å²) in [6.45, 7) is 0.531. The molecule has 0 aliphatic carbocycles. The van der Waals surface area contributed by atoms with E-state index in [4.69, 9.17) is 10.5 Å². The Morgan fingerprint density at radius 2 is 2.06 bits per heavy atom. The van der Waals surface area contributed by atoms with Crippen molar-refractivity contribution in [2.75, 3.05) is 7.11 Å². The van der Waals surface area contributed by atoms with Crippen LogP contribution in [0.15, 0.2) is 41.8 Å². The number of benzene rings is 1. The van der Waals surface area contributed by atoms with Crippen LogP contribution in [0.1, 0.15) is 11.1 Å². The van der Waals surface area contributed by atoms with Crippen molar-refractivity contribution in [2.45, 2.75) is 17.5 Å². The standard InChI is InChI=1S/C13H15N3OS/c1-17-12-4-3-10(8-14)7-11(12)9-18-13-15-5-2-6-16-13/h2-7H,8-9,14H2,1H3. The second-order valence-corrected chi connectivity index (χ2v) is 4.61. The van der Waals surface area contributed by atoms with Gasteiger partial charge in [0.05, 0.1) is 7.11 Å². The first-order chi connectivity index (χ1) is 8.83. The number of hydrogen-bond acceptors (Lipinski definition) is 5. The second-order valence-electron chi connectivity index (χ2n) is 3.67. The Balaban J connectivity index is 2.12. The summed E-state index contributed by atoms with van der Waals surface area (Å²) in [6, 6.07) is 7.80. The van der Waals surface area contributed by atoms with Gasteiger partial charge in [-0.2, -0.15) is 0 Å². The van der Waals surface area contributed by atoms with Gasteiger partial charge in [-0.3, -0.25) is 0 Å². The second kappa shape index (κ2) is 6.37. The van der Waals surface area contributed by atoms with E-state index in [1.165, 1.54) is 0 Å². The van der Waals surface area contributed by atoms with E-state index >= 15 is 0 Å². The van der Waals surface area contributed by atoms with Crippen molar-refractivity contribution in [3.8, 4) is 5.75 Å². The maximum atomic E-state index is 5.65. The minimum absolute atomic E-state index is 0.531. The molecule has 0 saturated heterocycles. The fourth-order valence-corrected chi connectivity index (χ4v) is 2.35. The highest BCUT2D eigenvalue weighted by Gasteiger charge is 2.06. The van der Waals surface area contributed by atoms with Crippen molar-refractivity contribution < 1.29 is 4.74 Å². The van der Waals surface area contributed by atoms with Crippen LogP contribution < -0.4 is 10.5 Å². The van der Waals surface area contributed by atoms with Gasteiger partial charge in [-0.1, -0.05) is 17.8 Å². The van der Waals surface area contributed by atoms with Crippen LogP contribution in [-0.2, 0) is 12.3 Å². The molecule has 0 amide bonds. The molecule has 1 heterocycles. The minimum Gasteiger partial charge on any atom is -0.496 e. The quantitative estimate of drug-likeness (QED) is 0.660. The van der Waals surface area contributed by atoms with E-state index < -0.39 is 0 Å². The third-order valence-corrected chi connectivity index (χ3v) is 3.40. The Kier molecular flexibility index (Phi) is 4.55. The maximum absolute atomic E-state index is 5.65. The van der Waals surface area contributed by atoms with E-state index in [1.807, 2.05) is 12.1 Å². The maximum Gasteiger partial charge on any atom is 0.187 e. The molecule has 0 saturated carbocycles. The smallest absolute Gasteiger partial charge is 0.187 e. The Morgan fingerprint density at radius 1 is 1.28 bits per heavy atom. The van der Waals surface area contributed by atoms with Gasteiger partial charge in [0, 0.05) is 30.3 Å². The predicted octanol–water partition coefficient (Wildman–Crippen LogP) is 2.24. The van der Waals surface area contributed by atoms with E-state index in [1.54, 1.807) is 37.3 Å². The molecular weight excluding hydrogens is 246 g/mol. The Bertz CT molecular complexity index is 505. The SMILES string of the molecule is COc1ccc(CN)cc1CSc1ncccn1. The van der Waals surface area contributed by atoms with E-state index in [0.29, 0.717) is 6.54 Å².